The molecule has 0 saturated carbocycles. The van der Waals surface area contributed by atoms with Crippen molar-refractivity contribution in [3.05, 3.63) is 88.7 Å². The number of carbonyl (C=O) groups is 1. The smallest absolute Gasteiger partial charge is 0.271 e. The molecule has 0 spiro atoms. The van der Waals surface area contributed by atoms with Gasteiger partial charge in [0.15, 0.2) is 5.17 Å². The second-order valence-electron chi connectivity index (χ2n) is 6.33. The van der Waals surface area contributed by atoms with E-state index in [0.29, 0.717) is 15.8 Å². The average molecular weight is 374 g/mol. The number of benzene rings is 2. The van der Waals surface area contributed by atoms with Crippen molar-refractivity contribution in [3.8, 4) is 0 Å². The first-order valence-corrected chi connectivity index (χ1v) is 9.41. The van der Waals surface area contributed by atoms with Gasteiger partial charge in [0, 0.05) is 6.08 Å². The third-order valence-electron chi connectivity index (χ3n) is 4.17. The molecule has 27 heavy (non-hydrogen) atoms. The Labute approximate surface area is 162 Å². The molecule has 0 atom stereocenters. The van der Waals surface area contributed by atoms with Crippen LogP contribution in [-0.2, 0) is 4.79 Å². The molecule has 134 valence electrons. The van der Waals surface area contributed by atoms with Gasteiger partial charge in [-0.2, -0.15) is 0 Å². The number of amides is 1. The molecule has 1 aliphatic rings. The molecule has 1 saturated heterocycles. The van der Waals surface area contributed by atoms with Gasteiger partial charge in [0.1, 0.15) is 5.76 Å². The lowest BCUT2D eigenvalue weighted by Gasteiger charge is -2.16. The van der Waals surface area contributed by atoms with Crippen molar-refractivity contribution in [2.45, 2.75) is 13.8 Å². The van der Waals surface area contributed by atoms with Gasteiger partial charge in [0.2, 0.25) is 0 Å². The second-order valence-corrected chi connectivity index (χ2v) is 7.34. The number of hydrogen-bond acceptors (Lipinski definition) is 4. The topological polar surface area (TPSA) is 45.8 Å². The minimum Gasteiger partial charge on any atom is -0.465 e. The van der Waals surface area contributed by atoms with E-state index in [1.54, 1.807) is 23.3 Å². The molecule has 3 aromatic rings. The minimum absolute atomic E-state index is 0.105. The molecule has 2 heterocycles. The molecule has 0 unspecified atom stereocenters. The number of carbonyl (C=O) groups excluding carboxylic acids is 1. The first-order chi connectivity index (χ1) is 13.1. The largest absolute Gasteiger partial charge is 0.465 e. The van der Waals surface area contributed by atoms with Gasteiger partial charge in [-0.3, -0.25) is 9.69 Å². The number of rotatable bonds is 3. The molecule has 0 radical (unpaired) electrons. The molecule has 1 aromatic heterocycles. The Kier molecular flexibility index (Phi) is 4.69. The Bertz CT molecular complexity index is 1020. The molecule has 5 heteroatoms. The van der Waals surface area contributed by atoms with Gasteiger partial charge >= 0.3 is 0 Å². The number of anilines is 1. The van der Waals surface area contributed by atoms with Crippen molar-refractivity contribution in [2.24, 2.45) is 4.99 Å². The Morgan fingerprint density at radius 2 is 1.63 bits per heavy atom. The molecule has 0 N–H and O–H groups in total. The fourth-order valence-corrected chi connectivity index (χ4v) is 3.68. The Morgan fingerprint density at radius 3 is 2.26 bits per heavy atom. The van der Waals surface area contributed by atoms with Crippen molar-refractivity contribution in [1.29, 1.82) is 0 Å². The SMILES string of the molecule is Cc1ccc(N=C2S/C(=C\c3ccco3)C(=O)N2c2ccc(C)cc2)cc1. The standard InChI is InChI=1S/C22H18N2O2S/c1-15-5-9-17(10-6-15)23-22-24(18-11-7-16(2)8-12-18)21(25)20(27-22)14-19-4-3-13-26-19/h3-14H,1-2H3/b20-14-,23-22?. The molecule has 0 aliphatic carbocycles. The fourth-order valence-electron chi connectivity index (χ4n) is 2.70. The summed E-state index contributed by atoms with van der Waals surface area (Å²) < 4.78 is 5.37. The maximum absolute atomic E-state index is 13.1. The highest BCUT2D eigenvalue weighted by Gasteiger charge is 2.34. The fraction of sp³-hybridized carbons (Fsp3) is 0.0909. The van der Waals surface area contributed by atoms with E-state index in [-0.39, 0.29) is 5.91 Å². The van der Waals surface area contributed by atoms with Gasteiger partial charge in [-0.1, -0.05) is 35.4 Å². The first-order valence-electron chi connectivity index (χ1n) is 8.60. The highest BCUT2D eigenvalue weighted by atomic mass is 32.2. The minimum atomic E-state index is -0.105. The summed E-state index contributed by atoms with van der Waals surface area (Å²) in [5.41, 5.74) is 3.92. The molecule has 1 amide bonds. The summed E-state index contributed by atoms with van der Waals surface area (Å²) >= 11 is 1.35. The third-order valence-corrected chi connectivity index (χ3v) is 5.14. The molecular formula is C22H18N2O2S. The lowest BCUT2D eigenvalue weighted by molar-refractivity contribution is -0.113. The van der Waals surface area contributed by atoms with Gasteiger partial charge in [-0.05, 0) is 62.0 Å². The summed E-state index contributed by atoms with van der Waals surface area (Å²) in [6, 6.07) is 19.4. The lowest BCUT2D eigenvalue weighted by Crippen LogP contribution is -2.28. The van der Waals surface area contributed by atoms with Crippen LogP contribution in [0, 0.1) is 13.8 Å². The van der Waals surface area contributed by atoms with Crippen LogP contribution in [0.15, 0.2) is 81.2 Å². The van der Waals surface area contributed by atoms with E-state index >= 15 is 0 Å². The van der Waals surface area contributed by atoms with E-state index in [9.17, 15) is 4.79 Å². The van der Waals surface area contributed by atoms with Gasteiger partial charge in [0.05, 0.1) is 22.5 Å². The van der Waals surface area contributed by atoms with Crippen LogP contribution in [0.5, 0.6) is 0 Å². The van der Waals surface area contributed by atoms with Gasteiger partial charge in [-0.15, -0.1) is 0 Å². The molecule has 4 nitrogen and oxygen atoms in total. The zero-order chi connectivity index (χ0) is 18.8. The molecule has 4 rings (SSSR count). The number of amidine groups is 1. The summed E-state index contributed by atoms with van der Waals surface area (Å²) in [5.74, 6) is 0.539. The van der Waals surface area contributed by atoms with Crippen LogP contribution in [0.3, 0.4) is 0 Å². The maximum Gasteiger partial charge on any atom is 0.271 e. The molecule has 2 aromatic carbocycles. The van der Waals surface area contributed by atoms with Crippen molar-refractivity contribution in [1.82, 2.24) is 0 Å². The number of aliphatic imine (C=N–C) groups is 1. The molecule has 1 aliphatic heterocycles. The zero-order valence-corrected chi connectivity index (χ0v) is 15.9. The van der Waals surface area contributed by atoms with Crippen molar-refractivity contribution >= 4 is 40.3 Å². The Balaban J connectivity index is 1.77. The van der Waals surface area contributed by atoms with Crippen LogP contribution in [0.2, 0.25) is 0 Å². The predicted octanol–water partition coefficient (Wildman–Crippen LogP) is 5.71. The molecule has 0 bridgehead atoms. The summed E-state index contributed by atoms with van der Waals surface area (Å²) in [5, 5.41) is 0.630. The van der Waals surface area contributed by atoms with Crippen molar-refractivity contribution < 1.29 is 9.21 Å². The van der Waals surface area contributed by atoms with E-state index in [2.05, 4.69) is 0 Å². The average Bonchev–Trinajstić information content (AvgIpc) is 3.27. The number of hydrogen-bond donors (Lipinski definition) is 0. The highest BCUT2D eigenvalue weighted by molar-refractivity contribution is 8.19. The summed E-state index contributed by atoms with van der Waals surface area (Å²) in [7, 11) is 0. The molecular weight excluding hydrogens is 356 g/mol. The second kappa shape index (κ2) is 7.29. The Morgan fingerprint density at radius 1 is 0.963 bits per heavy atom. The van der Waals surface area contributed by atoms with Crippen molar-refractivity contribution in [2.75, 3.05) is 4.90 Å². The monoisotopic (exact) mass is 374 g/mol. The van der Waals surface area contributed by atoms with E-state index in [1.165, 1.54) is 17.3 Å². The van der Waals surface area contributed by atoms with Crippen LogP contribution in [-0.4, -0.2) is 11.1 Å². The summed E-state index contributed by atoms with van der Waals surface area (Å²) in [4.78, 5) is 20.0. The highest BCUT2D eigenvalue weighted by Crippen LogP contribution is 2.37. The van der Waals surface area contributed by atoms with Gasteiger partial charge in [-0.25, -0.2) is 4.99 Å². The molecule has 1 fully saturated rings. The van der Waals surface area contributed by atoms with E-state index in [4.69, 9.17) is 9.41 Å². The van der Waals surface area contributed by atoms with Crippen LogP contribution >= 0.6 is 11.8 Å². The quantitative estimate of drug-likeness (QED) is 0.552. The normalized spacial score (nSPS) is 17.3. The Hall–Kier alpha value is -3.05. The van der Waals surface area contributed by atoms with Crippen LogP contribution in [0.4, 0.5) is 11.4 Å². The predicted molar refractivity (Wildman–Crippen MR) is 111 cm³/mol. The maximum atomic E-state index is 13.1. The van der Waals surface area contributed by atoms with Crippen LogP contribution < -0.4 is 4.90 Å². The lowest BCUT2D eigenvalue weighted by atomic mass is 10.2. The number of thioether (sulfide) groups is 1. The summed E-state index contributed by atoms with van der Waals surface area (Å²) in [6.45, 7) is 4.06. The zero-order valence-electron chi connectivity index (χ0n) is 15.0. The van der Waals surface area contributed by atoms with Crippen LogP contribution in [0.25, 0.3) is 6.08 Å². The first kappa shape index (κ1) is 17.4. The van der Waals surface area contributed by atoms with Crippen LogP contribution in [0.1, 0.15) is 16.9 Å². The van der Waals surface area contributed by atoms with E-state index in [1.807, 2.05) is 68.4 Å². The third kappa shape index (κ3) is 3.73. The number of nitrogens with zero attached hydrogens (tertiary/aromatic N) is 2. The number of aryl methyl sites for hydroxylation is 2. The van der Waals surface area contributed by atoms with E-state index in [0.717, 1.165) is 16.9 Å². The van der Waals surface area contributed by atoms with Gasteiger partial charge in [0.25, 0.3) is 5.91 Å². The summed E-state index contributed by atoms with van der Waals surface area (Å²) in [6.07, 6.45) is 3.35. The van der Waals surface area contributed by atoms with Gasteiger partial charge < -0.3 is 4.42 Å². The number of furan rings is 1. The van der Waals surface area contributed by atoms with Crippen molar-refractivity contribution in [3.63, 3.8) is 0 Å². The van der Waals surface area contributed by atoms with E-state index < -0.39 is 0 Å².